The summed E-state index contributed by atoms with van der Waals surface area (Å²) < 4.78 is 54.8. The van der Waals surface area contributed by atoms with Crippen LogP contribution in [0.3, 0.4) is 0 Å². The molecule has 1 aliphatic rings. The summed E-state index contributed by atoms with van der Waals surface area (Å²) in [5.41, 5.74) is -0.585. The van der Waals surface area contributed by atoms with Gasteiger partial charge in [-0.05, 0) is 75.6 Å². The van der Waals surface area contributed by atoms with Crippen LogP contribution >= 0.6 is 0 Å². The molecule has 32 heavy (non-hydrogen) atoms. The Labute approximate surface area is 186 Å². The van der Waals surface area contributed by atoms with Gasteiger partial charge in [0.1, 0.15) is 30.3 Å². The lowest BCUT2D eigenvalue weighted by molar-refractivity contribution is -0.137. The number of ether oxygens (including phenoxy) is 3. The zero-order valence-electron chi connectivity index (χ0n) is 18.4. The van der Waals surface area contributed by atoms with Crippen LogP contribution in [-0.2, 0) is 17.5 Å². The molecule has 174 valence electrons. The number of nitrogens with zero attached hydrogens (tertiary/aromatic N) is 1. The van der Waals surface area contributed by atoms with E-state index in [1.54, 1.807) is 29.2 Å². The number of carbonyl (C=O) groups excluding carboxylic acids is 1. The van der Waals surface area contributed by atoms with E-state index in [9.17, 15) is 18.0 Å². The van der Waals surface area contributed by atoms with Crippen LogP contribution in [0.5, 0.6) is 11.5 Å². The second kappa shape index (κ2) is 9.71. The molecule has 1 fully saturated rings. The molecule has 0 bridgehead atoms. The van der Waals surface area contributed by atoms with Gasteiger partial charge in [-0.15, -0.1) is 0 Å². The Kier molecular flexibility index (Phi) is 7.21. The fraction of sp³-hybridized carbons (Fsp3) is 0.458. The number of likely N-dealkylation sites (tertiary alicyclic amines) is 1. The van der Waals surface area contributed by atoms with E-state index in [0.29, 0.717) is 30.2 Å². The molecule has 1 atom stereocenters. The van der Waals surface area contributed by atoms with Crippen LogP contribution in [0.2, 0.25) is 0 Å². The SMILES string of the molecule is CC(C)(C)OC(=O)N1CCC[C@@H]1COc1ccc(OCc2ccc(C(F)(F)F)cc2)cc1. The minimum atomic E-state index is -4.35. The van der Waals surface area contributed by atoms with Crippen LogP contribution in [0.4, 0.5) is 18.0 Å². The monoisotopic (exact) mass is 451 g/mol. The molecule has 8 heteroatoms. The first-order valence-corrected chi connectivity index (χ1v) is 10.5. The summed E-state index contributed by atoms with van der Waals surface area (Å²) in [6, 6.07) is 11.8. The lowest BCUT2D eigenvalue weighted by Gasteiger charge is -2.28. The number of hydrogen-bond acceptors (Lipinski definition) is 4. The fourth-order valence-electron chi connectivity index (χ4n) is 3.35. The summed E-state index contributed by atoms with van der Waals surface area (Å²) in [7, 11) is 0. The summed E-state index contributed by atoms with van der Waals surface area (Å²) >= 11 is 0. The molecule has 2 aromatic carbocycles. The van der Waals surface area contributed by atoms with Crippen LogP contribution < -0.4 is 9.47 Å². The van der Waals surface area contributed by atoms with Crippen molar-refractivity contribution in [3.63, 3.8) is 0 Å². The maximum atomic E-state index is 12.6. The molecule has 1 amide bonds. The highest BCUT2D eigenvalue weighted by Gasteiger charge is 2.32. The first-order valence-electron chi connectivity index (χ1n) is 10.5. The normalized spacial score (nSPS) is 16.7. The molecule has 3 rings (SSSR count). The molecule has 1 aliphatic heterocycles. The van der Waals surface area contributed by atoms with E-state index in [0.717, 1.165) is 25.0 Å². The predicted molar refractivity (Wildman–Crippen MR) is 114 cm³/mol. The van der Waals surface area contributed by atoms with Gasteiger partial charge in [0.05, 0.1) is 11.6 Å². The zero-order chi connectivity index (χ0) is 23.4. The molecular formula is C24H28F3NO4. The lowest BCUT2D eigenvalue weighted by Crippen LogP contribution is -2.42. The Hall–Kier alpha value is -2.90. The minimum Gasteiger partial charge on any atom is -0.491 e. The first-order chi connectivity index (χ1) is 15.0. The van der Waals surface area contributed by atoms with Gasteiger partial charge in [-0.3, -0.25) is 0 Å². The third-order valence-corrected chi connectivity index (χ3v) is 4.96. The van der Waals surface area contributed by atoms with E-state index in [2.05, 4.69) is 0 Å². The fourth-order valence-corrected chi connectivity index (χ4v) is 3.35. The number of benzene rings is 2. The van der Waals surface area contributed by atoms with Gasteiger partial charge in [0.25, 0.3) is 0 Å². The maximum absolute atomic E-state index is 12.6. The lowest BCUT2D eigenvalue weighted by atomic mass is 10.1. The van der Waals surface area contributed by atoms with E-state index < -0.39 is 17.3 Å². The average Bonchev–Trinajstić information content (AvgIpc) is 3.19. The highest BCUT2D eigenvalue weighted by molar-refractivity contribution is 5.69. The summed E-state index contributed by atoms with van der Waals surface area (Å²) in [5.74, 6) is 1.22. The molecule has 0 spiro atoms. The van der Waals surface area contributed by atoms with Crippen molar-refractivity contribution in [1.29, 1.82) is 0 Å². The molecule has 0 aromatic heterocycles. The van der Waals surface area contributed by atoms with Gasteiger partial charge < -0.3 is 19.1 Å². The summed E-state index contributed by atoms with van der Waals surface area (Å²) in [6.45, 7) is 6.70. The van der Waals surface area contributed by atoms with Gasteiger partial charge in [0.15, 0.2) is 0 Å². The molecule has 2 aromatic rings. The van der Waals surface area contributed by atoms with E-state index in [1.807, 2.05) is 20.8 Å². The summed E-state index contributed by atoms with van der Waals surface area (Å²) in [4.78, 5) is 14.1. The maximum Gasteiger partial charge on any atom is 0.416 e. The smallest absolute Gasteiger partial charge is 0.416 e. The van der Waals surface area contributed by atoms with Gasteiger partial charge in [-0.2, -0.15) is 13.2 Å². The van der Waals surface area contributed by atoms with Crippen molar-refractivity contribution in [3.05, 3.63) is 59.7 Å². The van der Waals surface area contributed by atoms with Crippen molar-refractivity contribution in [3.8, 4) is 11.5 Å². The van der Waals surface area contributed by atoms with Crippen molar-refractivity contribution in [1.82, 2.24) is 4.90 Å². The van der Waals surface area contributed by atoms with Crippen LogP contribution in [0.15, 0.2) is 48.5 Å². The summed E-state index contributed by atoms with van der Waals surface area (Å²) in [5, 5.41) is 0. The summed E-state index contributed by atoms with van der Waals surface area (Å²) in [6.07, 6.45) is -2.91. The number of amides is 1. The Balaban J connectivity index is 1.48. The van der Waals surface area contributed by atoms with Gasteiger partial charge in [-0.25, -0.2) is 4.79 Å². The highest BCUT2D eigenvalue weighted by Crippen LogP contribution is 2.29. The number of alkyl halides is 3. The molecule has 0 radical (unpaired) electrons. The van der Waals surface area contributed by atoms with Gasteiger partial charge in [-0.1, -0.05) is 12.1 Å². The third-order valence-electron chi connectivity index (χ3n) is 4.96. The molecule has 1 saturated heterocycles. The minimum absolute atomic E-state index is 0.0413. The van der Waals surface area contributed by atoms with Crippen LogP contribution in [0.1, 0.15) is 44.7 Å². The molecule has 5 nitrogen and oxygen atoms in total. The Morgan fingerprint density at radius 3 is 2.12 bits per heavy atom. The van der Waals surface area contributed by atoms with E-state index in [1.165, 1.54) is 12.1 Å². The van der Waals surface area contributed by atoms with Crippen LogP contribution in [0, 0.1) is 0 Å². The quantitative estimate of drug-likeness (QED) is 0.535. The second-order valence-corrected chi connectivity index (χ2v) is 8.74. The number of carbonyl (C=O) groups is 1. The van der Waals surface area contributed by atoms with E-state index >= 15 is 0 Å². The number of halogens is 3. The second-order valence-electron chi connectivity index (χ2n) is 8.74. The van der Waals surface area contributed by atoms with E-state index in [-0.39, 0.29) is 18.7 Å². The molecule has 0 unspecified atom stereocenters. The Morgan fingerprint density at radius 2 is 1.56 bits per heavy atom. The highest BCUT2D eigenvalue weighted by atomic mass is 19.4. The first kappa shape index (κ1) is 23.8. The van der Waals surface area contributed by atoms with Crippen molar-refractivity contribution in [2.24, 2.45) is 0 Å². The largest absolute Gasteiger partial charge is 0.491 e. The third kappa shape index (κ3) is 6.80. The van der Waals surface area contributed by atoms with Crippen LogP contribution in [-0.4, -0.2) is 35.8 Å². The number of hydrogen-bond donors (Lipinski definition) is 0. The van der Waals surface area contributed by atoms with E-state index in [4.69, 9.17) is 14.2 Å². The van der Waals surface area contributed by atoms with Gasteiger partial charge in [0.2, 0.25) is 0 Å². The average molecular weight is 451 g/mol. The molecule has 0 saturated carbocycles. The Bertz CT molecular complexity index is 889. The zero-order valence-corrected chi connectivity index (χ0v) is 18.4. The number of rotatable bonds is 6. The standard InChI is InChI=1S/C24H28F3NO4/c1-23(2,3)32-22(29)28-14-4-5-19(28)16-31-21-12-10-20(11-13-21)30-15-17-6-8-18(9-7-17)24(25,26)27/h6-13,19H,4-5,14-16H2,1-3H3/t19-/m1/s1. The molecule has 1 heterocycles. The molecule has 0 N–H and O–H groups in total. The van der Waals surface area contributed by atoms with Crippen LogP contribution in [0.25, 0.3) is 0 Å². The van der Waals surface area contributed by atoms with Crippen molar-refractivity contribution < 1.29 is 32.2 Å². The predicted octanol–water partition coefficient (Wildman–Crippen LogP) is 6.06. The van der Waals surface area contributed by atoms with Gasteiger partial charge in [0, 0.05) is 6.54 Å². The molecule has 0 aliphatic carbocycles. The van der Waals surface area contributed by atoms with Crippen molar-refractivity contribution in [2.45, 2.75) is 58.0 Å². The topological polar surface area (TPSA) is 48.0 Å². The molecular weight excluding hydrogens is 423 g/mol. The van der Waals surface area contributed by atoms with Crippen molar-refractivity contribution in [2.75, 3.05) is 13.2 Å². The van der Waals surface area contributed by atoms with Crippen molar-refractivity contribution >= 4 is 6.09 Å². The Morgan fingerprint density at radius 1 is 0.969 bits per heavy atom. The van der Waals surface area contributed by atoms with Gasteiger partial charge >= 0.3 is 12.3 Å².